The Morgan fingerprint density at radius 1 is 1.42 bits per heavy atom. The number of hydrogen-bond donors (Lipinski definition) is 2. The van der Waals surface area contributed by atoms with E-state index < -0.39 is 34.7 Å². The van der Waals surface area contributed by atoms with Gasteiger partial charge in [0, 0.05) is 5.02 Å². The molecular weight excluding hydrogens is 294 g/mol. The molecule has 0 aliphatic carbocycles. The summed E-state index contributed by atoms with van der Waals surface area (Å²) in [5.41, 5.74) is -1.52. The first-order valence-corrected chi connectivity index (χ1v) is 7.21. The van der Waals surface area contributed by atoms with Crippen molar-refractivity contribution in [3.05, 3.63) is 28.8 Å². The van der Waals surface area contributed by atoms with Crippen LogP contribution in [-0.4, -0.2) is 47.6 Å². The standard InChI is InChI=1S/C11H12ClNO5S/c1-7-4-8(12)2-3-9(7)19(17,18)13-5-11(16,6-13)10(14)15/h2-4,16H,5-6H2,1H3,(H,14,15). The molecule has 1 aromatic rings. The molecule has 0 unspecified atom stereocenters. The zero-order valence-electron chi connectivity index (χ0n) is 10.00. The molecule has 0 amide bonds. The van der Waals surface area contributed by atoms with Gasteiger partial charge >= 0.3 is 5.97 Å². The highest BCUT2D eigenvalue weighted by Crippen LogP contribution is 2.30. The van der Waals surface area contributed by atoms with Gasteiger partial charge in [-0.15, -0.1) is 0 Å². The van der Waals surface area contributed by atoms with Crippen molar-refractivity contribution in [1.82, 2.24) is 4.31 Å². The summed E-state index contributed by atoms with van der Waals surface area (Å²) in [6, 6.07) is 4.33. The van der Waals surface area contributed by atoms with Crippen molar-refractivity contribution in [2.75, 3.05) is 13.1 Å². The third-order valence-corrected chi connectivity index (χ3v) is 5.22. The summed E-state index contributed by atoms with van der Waals surface area (Å²) in [5, 5.41) is 18.7. The summed E-state index contributed by atoms with van der Waals surface area (Å²) < 4.78 is 25.4. The van der Waals surface area contributed by atoms with Crippen LogP contribution in [0.3, 0.4) is 0 Å². The molecule has 0 aromatic heterocycles. The van der Waals surface area contributed by atoms with Gasteiger partial charge in [0.25, 0.3) is 0 Å². The van der Waals surface area contributed by atoms with Crippen LogP contribution in [0.1, 0.15) is 5.56 Å². The van der Waals surface area contributed by atoms with E-state index >= 15 is 0 Å². The number of benzene rings is 1. The molecule has 1 aliphatic heterocycles. The molecule has 1 aromatic carbocycles. The number of sulfonamides is 1. The summed E-state index contributed by atoms with van der Waals surface area (Å²) in [4.78, 5) is 10.8. The Labute approximate surface area is 115 Å². The molecule has 0 atom stereocenters. The van der Waals surface area contributed by atoms with Gasteiger partial charge in [-0.2, -0.15) is 4.31 Å². The minimum Gasteiger partial charge on any atom is -0.479 e. The second-order valence-corrected chi connectivity index (χ2v) is 6.86. The van der Waals surface area contributed by atoms with Crippen molar-refractivity contribution in [2.45, 2.75) is 17.4 Å². The molecule has 1 heterocycles. The number of hydrogen-bond acceptors (Lipinski definition) is 4. The van der Waals surface area contributed by atoms with Crippen molar-refractivity contribution in [1.29, 1.82) is 0 Å². The Hall–Kier alpha value is -1.15. The Kier molecular flexibility index (Phi) is 3.34. The molecule has 104 valence electrons. The highest BCUT2D eigenvalue weighted by Gasteiger charge is 2.53. The number of rotatable bonds is 3. The van der Waals surface area contributed by atoms with Gasteiger partial charge in [-0.05, 0) is 30.7 Å². The number of carboxylic acid groups (broad SMARTS) is 1. The lowest BCUT2D eigenvalue weighted by Crippen LogP contribution is -2.67. The van der Waals surface area contributed by atoms with E-state index in [1.807, 2.05) is 0 Å². The SMILES string of the molecule is Cc1cc(Cl)ccc1S(=O)(=O)N1CC(O)(C(=O)O)C1. The summed E-state index contributed by atoms with van der Waals surface area (Å²) in [5.74, 6) is -1.42. The van der Waals surface area contributed by atoms with Crippen molar-refractivity contribution in [3.63, 3.8) is 0 Å². The minimum absolute atomic E-state index is 0.0596. The fourth-order valence-corrected chi connectivity index (χ4v) is 3.86. The van der Waals surface area contributed by atoms with Crippen LogP contribution in [0.5, 0.6) is 0 Å². The number of aliphatic hydroxyl groups is 1. The second kappa shape index (κ2) is 4.45. The van der Waals surface area contributed by atoms with Crippen LogP contribution in [0.2, 0.25) is 5.02 Å². The molecule has 1 aliphatic rings. The van der Waals surface area contributed by atoms with Crippen LogP contribution in [0, 0.1) is 6.92 Å². The van der Waals surface area contributed by atoms with E-state index in [9.17, 15) is 18.3 Å². The van der Waals surface area contributed by atoms with Crippen LogP contribution < -0.4 is 0 Å². The van der Waals surface area contributed by atoms with Gasteiger partial charge in [0.2, 0.25) is 10.0 Å². The van der Waals surface area contributed by atoms with Gasteiger partial charge in [0.05, 0.1) is 18.0 Å². The molecule has 2 rings (SSSR count). The average Bonchev–Trinajstić information content (AvgIpc) is 2.23. The number of carboxylic acids is 1. The first kappa shape index (κ1) is 14.3. The van der Waals surface area contributed by atoms with Gasteiger partial charge in [0.15, 0.2) is 5.60 Å². The van der Waals surface area contributed by atoms with E-state index in [-0.39, 0.29) is 4.90 Å². The van der Waals surface area contributed by atoms with Gasteiger partial charge in [-0.3, -0.25) is 0 Å². The van der Waals surface area contributed by atoms with Crippen LogP contribution in [0.25, 0.3) is 0 Å². The van der Waals surface area contributed by atoms with Gasteiger partial charge in [-0.25, -0.2) is 13.2 Å². The van der Waals surface area contributed by atoms with Crippen molar-refractivity contribution in [2.24, 2.45) is 0 Å². The second-order valence-electron chi connectivity index (χ2n) is 4.52. The van der Waals surface area contributed by atoms with E-state index in [1.165, 1.54) is 18.2 Å². The average molecular weight is 306 g/mol. The number of carbonyl (C=O) groups is 1. The lowest BCUT2D eigenvalue weighted by molar-refractivity contribution is -0.170. The summed E-state index contributed by atoms with van der Waals surface area (Å²) in [6.07, 6.45) is 0. The number of β-amino-alcohol motifs (C(OH)–C–C–N with tert-alkyl or cyclic N) is 1. The summed E-state index contributed by atoms with van der Waals surface area (Å²) in [7, 11) is -3.80. The summed E-state index contributed by atoms with van der Waals surface area (Å²) >= 11 is 5.76. The third-order valence-electron chi connectivity index (χ3n) is 3.03. The maximum absolute atomic E-state index is 12.2. The molecule has 8 heteroatoms. The van der Waals surface area contributed by atoms with Crippen LogP contribution in [0.15, 0.2) is 23.1 Å². The topological polar surface area (TPSA) is 94.9 Å². The number of nitrogens with zero attached hydrogens (tertiary/aromatic N) is 1. The van der Waals surface area contributed by atoms with E-state index in [0.29, 0.717) is 10.6 Å². The molecule has 0 bridgehead atoms. The first-order valence-electron chi connectivity index (χ1n) is 5.39. The zero-order chi connectivity index (χ0) is 14.4. The fraction of sp³-hybridized carbons (Fsp3) is 0.364. The maximum atomic E-state index is 12.2. The Balaban J connectivity index is 2.29. The van der Waals surface area contributed by atoms with Gasteiger partial charge in [0.1, 0.15) is 0 Å². The molecule has 0 radical (unpaired) electrons. The first-order chi connectivity index (χ1) is 8.67. The molecular formula is C11H12ClNO5S. The van der Waals surface area contributed by atoms with E-state index in [0.717, 1.165) is 4.31 Å². The largest absolute Gasteiger partial charge is 0.479 e. The molecule has 1 fully saturated rings. The van der Waals surface area contributed by atoms with Crippen LogP contribution >= 0.6 is 11.6 Å². The minimum atomic E-state index is -3.80. The van der Waals surface area contributed by atoms with E-state index in [4.69, 9.17) is 16.7 Å². The molecule has 0 saturated carbocycles. The lowest BCUT2D eigenvalue weighted by atomic mass is 9.98. The highest BCUT2D eigenvalue weighted by atomic mass is 35.5. The normalized spacial score (nSPS) is 18.9. The van der Waals surface area contributed by atoms with Crippen molar-refractivity contribution >= 4 is 27.6 Å². The Morgan fingerprint density at radius 3 is 2.47 bits per heavy atom. The van der Waals surface area contributed by atoms with E-state index in [1.54, 1.807) is 6.92 Å². The molecule has 2 N–H and O–H groups in total. The van der Waals surface area contributed by atoms with Gasteiger partial charge < -0.3 is 10.2 Å². The fourth-order valence-electron chi connectivity index (χ4n) is 1.88. The lowest BCUT2D eigenvalue weighted by Gasteiger charge is -2.42. The number of aryl methyl sites for hydroxylation is 1. The Morgan fingerprint density at radius 2 is 2.00 bits per heavy atom. The molecule has 6 nitrogen and oxygen atoms in total. The highest BCUT2D eigenvalue weighted by molar-refractivity contribution is 7.89. The van der Waals surface area contributed by atoms with Gasteiger partial charge in [-0.1, -0.05) is 11.6 Å². The third kappa shape index (κ3) is 2.34. The zero-order valence-corrected chi connectivity index (χ0v) is 11.6. The predicted molar refractivity (Wildman–Crippen MR) is 67.5 cm³/mol. The molecule has 0 spiro atoms. The summed E-state index contributed by atoms with van der Waals surface area (Å²) in [6.45, 7) is 0.696. The number of aliphatic carboxylic acids is 1. The van der Waals surface area contributed by atoms with E-state index in [2.05, 4.69) is 0 Å². The van der Waals surface area contributed by atoms with Crippen molar-refractivity contribution in [3.8, 4) is 0 Å². The Bertz CT molecular complexity index is 636. The number of halogens is 1. The van der Waals surface area contributed by atoms with Crippen molar-refractivity contribution < 1.29 is 23.4 Å². The maximum Gasteiger partial charge on any atom is 0.338 e. The molecule has 19 heavy (non-hydrogen) atoms. The predicted octanol–water partition coefficient (Wildman–Crippen LogP) is 0.468. The molecule has 1 saturated heterocycles. The smallest absolute Gasteiger partial charge is 0.338 e. The van der Waals surface area contributed by atoms with Crippen LogP contribution in [-0.2, 0) is 14.8 Å². The van der Waals surface area contributed by atoms with Crippen LogP contribution in [0.4, 0.5) is 0 Å². The quantitative estimate of drug-likeness (QED) is 0.846. The monoisotopic (exact) mass is 305 g/mol.